The number of alkyl carbamates (subject to hydrolysis) is 1. The van der Waals surface area contributed by atoms with Crippen molar-refractivity contribution >= 4 is 11.9 Å². The van der Waals surface area contributed by atoms with Crippen LogP contribution in [0.15, 0.2) is 72.9 Å². The minimum absolute atomic E-state index is 0.0160. The molecule has 1 aliphatic carbocycles. The van der Waals surface area contributed by atoms with E-state index in [4.69, 9.17) is 4.74 Å². The first-order valence-corrected chi connectivity index (χ1v) is 13.7. The van der Waals surface area contributed by atoms with Crippen molar-refractivity contribution in [2.24, 2.45) is 11.3 Å². The molecular formula is C32H37N3O3. The average molecular weight is 512 g/mol. The Labute approximate surface area is 225 Å². The zero-order valence-electron chi connectivity index (χ0n) is 22.3. The lowest BCUT2D eigenvalue weighted by molar-refractivity contribution is -0.124. The average Bonchev–Trinajstić information content (AvgIpc) is 3.25. The maximum atomic E-state index is 13.7. The van der Waals surface area contributed by atoms with Crippen LogP contribution in [-0.4, -0.2) is 42.6 Å². The molecule has 38 heavy (non-hydrogen) atoms. The smallest absolute Gasteiger partial charge is 0.407 e. The summed E-state index contributed by atoms with van der Waals surface area (Å²) < 4.78 is 5.76. The first-order chi connectivity index (χ1) is 18.5. The van der Waals surface area contributed by atoms with Gasteiger partial charge in [-0.1, -0.05) is 68.4 Å². The number of hydrogen-bond donors (Lipinski definition) is 2. The molecule has 0 spiro atoms. The van der Waals surface area contributed by atoms with E-state index >= 15 is 0 Å². The van der Waals surface area contributed by atoms with Crippen molar-refractivity contribution in [3.8, 4) is 11.1 Å². The van der Waals surface area contributed by atoms with Gasteiger partial charge in [0, 0.05) is 24.2 Å². The third kappa shape index (κ3) is 5.65. The van der Waals surface area contributed by atoms with E-state index < -0.39 is 12.1 Å². The molecule has 2 aliphatic rings. The van der Waals surface area contributed by atoms with Gasteiger partial charge in [-0.15, -0.1) is 0 Å². The zero-order valence-corrected chi connectivity index (χ0v) is 22.3. The normalized spacial score (nSPS) is 16.9. The highest BCUT2D eigenvalue weighted by molar-refractivity contribution is 5.88. The number of Topliss-reactive ketones (excluding diaryl/α,β-unsaturated/α-hetero) is 1. The summed E-state index contributed by atoms with van der Waals surface area (Å²) in [6.07, 6.45) is 4.26. The zero-order chi connectivity index (χ0) is 26.5. The van der Waals surface area contributed by atoms with E-state index in [1.54, 1.807) is 0 Å². The van der Waals surface area contributed by atoms with Crippen LogP contribution in [0.4, 0.5) is 4.79 Å². The molecule has 0 saturated carbocycles. The van der Waals surface area contributed by atoms with E-state index in [9.17, 15) is 9.59 Å². The summed E-state index contributed by atoms with van der Waals surface area (Å²) in [6.45, 7) is 5.94. The number of nitrogens with one attached hydrogen (secondary N) is 2. The quantitative estimate of drug-likeness (QED) is 0.396. The van der Waals surface area contributed by atoms with Gasteiger partial charge in [-0.2, -0.15) is 0 Å². The Balaban J connectivity index is 1.25. The predicted molar refractivity (Wildman–Crippen MR) is 149 cm³/mol. The van der Waals surface area contributed by atoms with Gasteiger partial charge in [0.2, 0.25) is 0 Å². The molecule has 0 radical (unpaired) electrons. The minimum Gasteiger partial charge on any atom is -0.449 e. The fourth-order valence-corrected chi connectivity index (χ4v) is 6.13. The lowest BCUT2D eigenvalue weighted by atomic mass is 9.70. The highest BCUT2D eigenvalue weighted by atomic mass is 16.5. The maximum Gasteiger partial charge on any atom is 0.407 e. The lowest BCUT2D eigenvalue weighted by Crippen LogP contribution is -2.48. The number of hydrogen-bond acceptors (Lipinski definition) is 5. The number of rotatable bonds is 9. The van der Waals surface area contributed by atoms with Crippen molar-refractivity contribution in [1.82, 2.24) is 15.6 Å². The number of ketones is 1. The first kappa shape index (κ1) is 26.1. The first-order valence-electron chi connectivity index (χ1n) is 13.7. The Kier molecular flexibility index (Phi) is 7.89. The molecule has 1 atom stereocenters. The molecule has 1 saturated heterocycles. The summed E-state index contributed by atoms with van der Waals surface area (Å²) in [5.41, 5.74) is 5.56. The molecule has 3 aromatic rings. The van der Waals surface area contributed by atoms with Gasteiger partial charge < -0.3 is 15.4 Å². The molecule has 1 aromatic heterocycles. The minimum atomic E-state index is -0.596. The molecule has 5 rings (SSSR count). The lowest BCUT2D eigenvalue weighted by Gasteiger charge is -2.38. The molecular weight excluding hydrogens is 474 g/mol. The number of amides is 1. The third-order valence-electron chi connectivity index (χ3n) is 8.13. The van der Waals surface area contributed by atoms with E-state index in [1.165, 1.54) is 22.3 Å². The van der Waals surface area contributed by atoms with E-state index in [0.29, 0.717) is 6.42 Å². The molecule has 0 unspecified atom stereocenters. The highest BCUT2D eigenvalue weighted by Gasteiger charge is 2.38. The molecule has 1 aliphatic heterocycles. The molecule has 198 valence electrons. The van der Waals surface area contributed by atoms with Crippen molar-refractivity contribution in [2.75, 3.05) is 19.7 Å². The number of carbonyl (C=O) groups excluding carboxylic acids is 2. The second kappa shape index (κ2) is 11.5. The van der Waals surface area contributed by atoms with Gasteiger partial charge in [-0.25, -0.2) is 4.79 Å². The number of aromatic nitrogens is 1. The summed E-state index contributed by atoms with van der Waals surface area (Å²) in [7, 11) is 0. The van der Waals surface area contributed by atoms with E-state index in [-0.39, 0.29) is 29.6 Å². The second-order valence-corrected chi connectivity index (χ2v) is 11.1. The monoisotopic (exact) mass is 511 g/mol. The number of fused-ring (bicyclic) bond motifs is 3. The number of carbonyl (C=O) groups is 2. The van der Waals surface area contributed by atoms with E-state index in [2.05, 4.69) is 39.9 Å². The number of ether oxygens (including phenoxy) is 1. The van der Waals surface area contributed by atoms with Crippen molar-refractivity contribution in [2.45, 2.75) is 51.5 Å². The predicted octanol–water partition coefficient (Wildman–Crippen LogP) is 5.52. The molecule has 2 heterocycles. The molecule has 1 amide bonds. The molecule has 0 bridgehead atoms. The van der Waals surface area contributed by atoms with Crippen LogP contribution in [0.5, 0.6) is 0 Å². The van der Waals surface area contributed by atoms with Crippen LogP contribution in [0.3, 0.4) is 0 Å². The van der Waals surface area contributed by atoms with Crippen LogP contribution >= 0.6 is 0 Å². The van der Waals surface area contributed by atoms with Gasteiger partial charge >= 0.3 is 6.09 Å². The summed E-state index contributed by atoms with van der Waals surface area (Å²) in [4.78, 5) is 31.2. The van der Waals surface area contributed by atoms with Gasteiger partial charge in [0.15, 0.2) is 5.78 Å². The van der Waals surface area contributed by atoms with Crippen LogP contribution in [-0.2, 0) is 16.0 Å². The Hall–Kier alpha value is -3.51. The van der Waals surface area contributed by atoms with Crippen LogP contribution in [0.1, 0.15) is 55.8 Å². The van der Waals surface area contributed by atoms with E-state index in [1.807, 2.05) is 62.5 Å². The Morgan fingerprint density at radius 1 is 0.974 bits per heavy atom. The summed E-state index contributed by atoms with van der Waals surface area (Å²) in [6, 6.07) is 21.9. The van der Waals surface area contributed by atoms with Gasteiger partial charge in [-0.05, 0) is 78.1 Å². The fourth-order valence-electron chi connectivity index (χ4n) is 6.13. The van der Waals surface area contributed by atoms with Gasteiger partial charge in [0.25, 0.3) is 0 Å². The molecule has 1 fully saturated rings. The van der Waals surface area contributed by atoms with Crippen LogP contribution < -0.4 is 10.6 Å². The Morgan fingerprint density at radius 2 is 1.61 bits per heavy atom. The Morgan fingerprint density at radius 3 is 2.21 bits per heavy atom. The summed E-state index contributed by atoms with van der Waals surface area (Å²) in [5.74, 6) is 0.000620. The number of pyridine rings is 1. The summed E-state index contributed by atoms with van der Waals surface area (Å²) >= 11 is 0. The van der Waals surface area contributed by atoms with E-state index in [0.717, 1.165) is 38.0 Å². The van der Waals surface area contributed by atoms with Crippen molar-refractivity contribution in [1.29, 1.82) is 0 Å². The fraction of sp³-hybridized carbons (Fsp3) is 0.406. The van der Waals surface area contributed by atoms with Gasteiger partial charge in [-0.3, -0.25) is 9.78 Å². The number of piperidine rings is 1. The molecule has 2 aromatic carbocycles. The Bertz CT molecular complexity index is 1220. The van der Waals surface area contributed by atoms with Gasteiger partial charge in [0.05, 0.1) is 6.04 Å². The standard InChI is InChI=1S/C32H37N3O3/c1-22(2)30(29(36)20-32(14-17-33-18-15-32)19-23-9-7-8-16-34-23)35-31(37)38-21-28-26-12-5-3-10-24(26)25-11-4-6-13-27(25)28/h3-13,16,22,28,30,33H,14-15,17-21H2,1-2H3,(H,35,37)/t30-/m0/s1. The SMILES string of the molecule is CC(C)[C@H](NC(=O)OCC1c2ccccc2-c2ccccc21)C(=O)CC1(Cc2ccccn2)CCNCC1. The molecule has 6 heteroatoms. The van der Waals surface area contributed by atoms with Crippen LogP contribution in [0.25, 0.3) is 11.1 Å². The summed E-state index contributed by atoms with van der Waals surface area (Å²) in [5, 5.41) is 6.34. The van der Waals surface area contributed by atoms with Crippen LogP contribution in [0, 0.1) is 11.3 Å². The number of benzene rings is 2. The van der Waals surface area contributed by atoms with Crippen molar-refractivity contribution in [3.63, 3.8) is 0 Å². The topological polar surface area (TPSA) is 80.3 Å². The van der Waals surface area contributed by atoms with Crippen molar-refractivity contribution < 1.29 is 14.3 Å². The van der Waals surface area contributed by atoms with Gasteiger partial charge in [0.1, 0.15) is 6.61 Å². The second-order valence-electron chi connectivity index (χ2n) is 11.1. The highest BCUT2D eigenvalue weighted by Crippen LogP contribution is 2.44. The van der Waals surface area contributed by atoms with Crippen LogP contribution in [0.2, 0.25) is 0 Å². The molecule has 2 N–H and O–H groups in total. The molecule has 6 nitrogen and oxygen atoms in total. The maximum absolute atomic E-state index is 13.7. The largest absolute Gasteiger partial charge is 0.449 e. The third-order valence-corrected chi connectivity index (χ3v) is 8.13. The number of nitrogens with zero attached hydrogens (tertiary/aromatic N) is 1. The van der Waals surface area contributed by atoms with Crippen molar-refractivity contribution in [3.05, 3.63) is 89.7 Å².